The molecule has 1 heterocycles. The lowest BCUT2D eigenvalue weighted by molar-refractivity contribution is 0.154. The van der Waals surface area contributed by atoms with Crippen LogP contribution in [0.1, 0.15) is 25.6 Å². The van der Waals surface area contributed by atoms with Crippen molar-refractivity contribution in [2.75, 3.05) is 20.3 Å². The van der Waals surface area contributed by atoms with Gasteiger partial charge in [-0.3, -0.25) is 0 Å². The minimum atomic E-state index is -0.336. The van der Waals surface area contributed by atoms with Crippen LogP contribution in [0.3, 0.4) is 0 Å². The Labute approximate surface area is 113 Å². The van der Waals surface area contributed by atoms with Crippen LogP contribution in [-0.2, 0) is 4.74 Å². The van der Waals surface area contributed by atoms with Gasteiger partial charge in [0.05, 0.1) is 12.9 Å². The molecule has 0 aliphatic rings. The van der Waals surface area contributed by atoms with Gasteiger partial charge in [-0.05, 0) is 25.0 Å². The second-order valence-electron chi connectivity index (χ2n) is 4.59. The zero-order valence-corrected chi connectivity index (χ0v) is 11.6. The number of ether oxygens (including phenoxy) is 1. The second kappa shape index (κ2) is 7.81. The molecule has 0 aliphatic carbocycles. The Morgan fingerprint density at radius 2 is 2.21 bits per heavy atom. The first-order valence-corrected chi connectivity index (χ1v) is 6.28. The summed E-state index contributed by atoms with van der Waals surface area (Å²) in [7, 11) is 1.56. The van der Waals surface area contributed by atoms with Crippen LogP contribution in [0.4, 0.5) is 4.79 Å². The summed E-state index contributed by atoms with van der Waals surface area (Å²) in [5, 5.41) is 14.6. The van der Waals surface area contributed by atoms with Gasteiger partial charge in [0.2, 0.25) is 0 Å². The van der Waals surface area contributed by atoms with Crippen LogP contribution in [0.15, 0.2) is 22.8 Å². The predicted octanol–water partition coefficient (Wildman–Crippen LogP) is 1.28. The van der Waals surface area contributed by atoms with Crippen molar-refractivity contribution in [3.8, 4) is 0 Å². The molecule has 0 bridgehead atoms. The van der Waals surface area contributed by atoms with Crippen LogP contribution in [0.5, 0.6) is 0 Å². The fourth-order valence-electron chi connectivity index (χ4n) is 1.56. The normalized spacial score (nSPS) is 15.6. The molecule has 0 aliphatic heterocycles. The highest BCUT2D eigenvalue weighted by Gasteiger charge is 2.19. The van der Waals surface area contributed by atoms with Gasteiger partial charge in [0.1, 0.15) is 11.8 Å². The highest BCUT2D eigenvalue weighted by atomic mass is 16.5. The Morgan fingerprint density at radius 3 is 2.74 bits per heavy atom. The molecule has 2 amide bonds. The van der Waals surface area contributed by atoms with E-state index in [0.717, 1.165) is 0 Å². The van der Waals surface area contributed by atoms with Crippen LogP contribution < -0.4 is 10.6 Å². The van der Waals surface area contributed by atoms with Gasteiger partial charge in [0.15, 0.2) is 0 Å². The van der Waals surface area contributed by atoms with Crippen LogP contribution in [0, 0.1) is 5.92 Å². The van der Waals surface area contributed by atoms with Crippen molar-refractivity contribution >= 4 is 6.03 Å². The molecule has 0 radical (unpaired) electrons. The molecule has 0 saturated carbocycles. The zero-order valence-electron chi connectivity index (χ0n) is 11.6. The summed E-state index contributed by atoms with van der Waals surface area (Å²) >= 11 is 0. The van der Waals surface area contributed by atoms with Gasteiger partial charge in [-0.15, -0.1) is 0 Å². The first-order chi connectivity index (χ1) is 9.08. The lowest BCUT2D eigenvalue weighted by atomic mass is 10.1. The molecule has 0 aromatic carbocycles. The molecule has 6 heteroatoms. The average Bonchev–Trinajstić information content (AvgIpc) is 2.90. The molecule has 1 aromatic rings. The van der Waals surface area contributed by atoms with E-state index in [2.05, 4.69) is 10.6 Å². The van der Waals surface area contributed by atoms with E-state index in [1.807, 2.05) is 13.8 Å². The summed E-state index contributed by atoms with van der Waals surface area (Å²) in [6.07, 6.45) is 1.55. The van der Waals surface area contributed by atoms with E-state index >= 15 is 0 Å². The second-order valence-corrected chi connectivity index (χ2v) is 4.59. The molecule has 1 rings (SSSR count). The van der Waals surface area contributed by atoms with E-state index < -0.39 is 0 Å². The third-order valence-corrected chi connectivity index (χ3v) is 3.03. The fraction of sp³-hybridized carbons (Fsp3) is 0.615. The largest absolute Gasteiger partial charge is 0.467 e. The number of carbonyl (C=O) groups is 1. The van der Waals surface area contributed by atoms with Crippen LogP contribution in [-0.4, -0.2) is 37.5 Å². The smallest absolute Gasteiger partial charge is 0.315 e. The number of amides is 2. The molecule has 0 fully saturated rings. The number of hydrogen-bond acceptors (Lipinski definition) is 4. The van der Waals surface area contributed by atoms with Gasteiger partial charge < -0.3 is 24.9 Å². The number of methoxy groups -OCH3 is 1. The Bertz CT molecular complexity index is 367. The molecule has 108 valence electrons. The lowest BCUT2D eigenvalue weighted by Gasteiger charge is -2.22. The monoisotopic (exact) mass is 270 g/mol. The summed E-state index contributed by atoms with van der Waals surface area (Å²) in [6.45, 7) is 4.06. The van der Waals surface area contributed by atoms with Crippen molar-refractivity contribution in [3.63, 3.8) is 0 Å². The first kappa shape index (κ1) is 15.5. The maximum absolute atomic E-state index is 11.9. The predicted molar refractivity (Wildman–Crippen MR) is 70.7 cm³/mol. The van der Waals surface area contributed by atoms with E-state index in [0.29, 0.717) is 12.4 Å². The minimum absolute atomic E-state index is 0.00441. The molecule has 3 N–H and O–H groups in total. The highest BCUT2D eigenvalue weighted by Crippen LogP contribution is 2.13. The van der Waals surface area contributed by atoms with Crippen molar-refractivity contribution in [3.05, 3.63) is 24.2 Å². The number of carbonyl (C=O) groups excluding carboxylic acids is 1. The molecule has 1 aromatic heterocycles. The van der Waals surface area contributed by atoms with Gasteiger partial charge in [-0.1, -0.05) is 6.92 Å². The maximum atomic E-state index is 11.9. The molecule has 3 unspecified atom stereocenters. The lowest BCUT2D eigenvalue weighted by Crippen LogP contribution is -2.46. The molecular formula is C13H22N2O4. The van der Waals surface area contributed by atoms with E-state index in [-0.39, 0.29) is 30.6 Å². The summed E-state index contributed by atoms with van der Waals surface area (Å²) in [5.74, 6) is 0.634. The van der Waals surface area contributed by atoms with Gasteiger partial charge in [-0.2, -0.15) is 0 Å². The Morgan fingerprint density at radius 1 is 1.47 bits per heavy atom. The van der Waals surface area contributed by atoms with Crippen molar-refractivity contribution in [1.82, 2.24) is 10.6 Å². The summed E-state index contributed by atoms with van der Waals surface area (Å²) < 4.78 is 10.3. The number of nitrogens with one attached hydrogen (secondary N) is 2. The topological polar surface area (TPSA) is 83.7 Å². The van der Waals surface area contributed by atoms with E-state index in [1.165, 1.54) is 0 Å². The zero-order chi connectivity index (χ0) is 14.3. The quantitative estimate of drug-likeness (QED) is 0.697. The first-order valence-electron chi connectivity index (χ1n) is 6.28. The van der Waals surface area contributed by atoms with Crippen molar-refractivity contribution in [2.24, 2.45) is 5.92 Å². The molecule has 6 nitrogen and oxygen atoms in total. The number of urea groups is 1. The minimum Gasteiger partial charge on any atom is -0.467 e. The van der Waals surface area contributed by atoms with Gasteiger partial charge in [-0.25, -0.2) is 4.79 Å². The molecule has 3 atom stereocenters. The van der Waals surface area contributed by atoms with Gasteiger partial charge in [0, 0.05) is 19.8 Å². The molecule has 0 spiro atoms. The fourth-order valence-corrected chi connectivity index (χ4v) is 1.56. The van der Waals surface area contributed by atoms with E-state index in [9.17, 15) is 4.79 Å². The molecular weight excluding hydrogens is 248 g/mol. The van der Waals surface area contributed by atoms with E-state index in [1.54, 1.807) is 25.5 Å². The number of rotatable bonds is 7. The summed E-state index contributed by atoms with van der Waals surface area (Å²) in [6, 6.07) is 2.77. The maximum Gasteiger partial charge on any atom is 0.315 e. The molecule has 0 saturated heterocycles. The summed E-state index contributed by atoms with van der Waals surface area (Å²) in [5.41, 5.74) is 0. The van der Waals surface area contributed by atoms with Crippen LogP contribution in [0.25, 0.3) is 0 Å². The third kappa shape index (κ3) is 4.92. The van der Waals surface area contributed by atoms with Crippen molar-refractivity contribution in [1.29, 1.82) is 0 Å². The average molecular weight is 270 g/mol. The Hall–Kier alpha value is -1.53. The van der Waals surface area contributed by atoms with Crippen molar-refractivity contribution < 1.29 is 19.1 Å². The van der Waals surface area contributed by atoms with Crippen LogP contribution in [0.2, 0.25) is 0 Å². The highest BCUT2D eigenvalue weighted by molar-refractivity contribution is 5.74. The number of furan rings is 1. The third-order valence-electron chi connectivity index (χ3n) is 3.03. The standard InChI is InChI=1S/C13H22N2O4/c1-9(7-16)10(2)14-13(17)15-11(8-18-3)12-5-4-6-19-12/h4-6,9-11,16H,7-8H2,1-3H3,(H2,14,15,17). The van der Waals surface area contributed by atoms with Crippen LogP contribution >= 0.6 is 0 Å². The van der Waals surface area contributed by atoms with Gasteiger partial charge in [0.25, 0.3) is 0 Å². The SMILES string of the molecule is COCC(NC(=O)NC(C)C(C)CO)c1ccco1. The Kier molecular flexibility index (Phi) is 6.38. The number of aliphatic hydroxyl groups is 1. The summed E-state index contributed by atoms with van der Waals surface area (Å²) in [4.78, 5) is 11.9. The molecule has 19 heavy (non-hydrogen) atoms. The number of hydrogen-bond donors (Lipinski definition) is 3. The van der Waals surface area contributed by atoms with Gasteiger partial charge >= 0.3 is 6.03 Å². The Balaban J connectivity index is 2.53. The van der Waals surface area contributed by atoms with Crippen molar-refractivity contribution in [2.45, 2.75) is 25.9 Å². The number of aliphatic hydroxyl groups excluding tert-OH is 1. The van der Waals surface area contributed by atoms with E-state index in [4.69, 9.17) is 14.3 Å².